The average molecular weight is 301 g/mol. The number of halogens is 4. The fourth-order valence-corrected chi connectivity index (χ4v) is 2.14. The number of nitrogens with one attached hydrogen (secondary N) is 1. The van der Waals surface area contributed by atoms with Crippen molar-refractivity contribution in [2.24, 2.45) is 0 Å². The van der Waals surface area contributed by atoms with Gasteiger partial charge in [0.15, 0.2) is 12.1 Å². The van der Waals surface area contributed by atoms with Crippen LogP contribution in [0.2, 0.25) is 0 Å². The third-order valence-electron chi connectivity index (χ3n) is 2.41. The number of rotatable bonds is 4. The number of carbonyl (C=O) groups excluding carboxylic acids is 1. The van der Waals surface area contributed by atoms with Crippen LogP contribution in [-0.4, -0.2) is 6.29 Å². The van der Waals surface area contributed by atoms with Gasteiger partial charge in [-0.25, -0.2) is 17.6 Å². The Labute approximate surface area is 115 Å². The third-order valence-corrected chi connectivity index (χ3v) is 3.26. The van der Waals surface area contributed by atoms with Crippen molar-refractivity contribution >= 4 is 23.9 Å². The van der Waals surface area contributed by atoms with Gasteiger partial charge in [-0.1, -0.05) is 0 Å². The molecule has 0 saturated carbocycles. The number of hydrogen-bond acceptors (Lipinski definition) is 3. The van der Waals surface area contributed by atoms with Crippen molar-refractivity contribution in [3.8, 4) is 0 Å². The lowest BCUT2D eigenvalue weighted by atomic mass is 10.2. The minimum atomic E-state index is -1.09. The number of anilines is 1. The molecule has 0 atom stereocenters. The maximum Gasteiger partial charge on any atom is 0.160 e. The summed E-state index contributed by atoms with van der Waals surface area (Å²) in [7, 11) is 0. The molecular formula is C13H7F4NOS. The van der Waals surface area contributed by atoms with Crippen LogP contribution in [0.4, 0.5) is 23.2 Å². The van der Waals surface area contributed by atoms with Crippen LogP contribution >= 0.6 is 11.9 Å². The quantitative estimate of drug-likeness (QED) is 0.522. The average Bonchev–Trinajstić information content (AvgIpc) is 2.42. The van der Waals surface area contributed by atoms with Crippen LogP contribution in [0.1, 0.15) is 10.4 Å². The molecule has 0 radical (unpaired) electrons. The van der Waals surface area contributed by atoms with Gasteiger partial charge in [-0.2, -0.15) is 0 Å². The highest BCUT2D eigenvalue weighted by Crippen LogP contribution is 2.27. The molecule has 0 unspecified atom stereocenters. The van der Waals surface area contributed by atoms with Crippen molar-refractivity contribution in [1.29, 1.82) is 0 Å². The van der Waals surface area contributed by atoms with Gasteiger partial charge in [0.05, 0.1) is 16.1 Å². The smallest absolute Gasteiger partial charge is 0.160 e. The fourth-order valence-electron chi connectivity index (χ4n) is 1.42. The zero-order valence-corrected chi connectivity index (χ0v) is 10.6. The Balaban J connectivity index is 2.23. The van der Waals surface area contributed by atoms with E-state index in [2.05, 4.69) is 4.72 Å². The van der Waals surface area contributed by atoms with E-state index in [1.54, 1.807) is 0 Å². The predicted octanol–water partition coefficient (Wildman–Crippen LogP) is 4.17. The second-order valence-corrected chi connectivity index (χ2v) is 4.57. The van der Waals surface area contributed by atoms with Gasteiger partial charge < -0.3 is 4.72 Å². The second-order valence-electron chi connectivity index (χ2n) is 3.72. The van der Waals surface area contributed by atoms with E-state index >= 15 is 0 Å². The van der Waals surface area contributed by atoms with Crippen LogP contribution in [0.3, 0.4) is 0 Å². The van der Waals surface area contributed by atoms with E-state index in [1.807, 2.05) is 0 Å². The summed E-state index contributed by atoms with van der Waals surface area (Å²) in [5, 5.41) is 0. The van der Waals surface area contributed by atoms with Crippen LogP contribution in [0.5, 0.6) is 0 Å². The first kappa shape index (κ1) is 14.4. The molecule has 7 heteroatoms. The first-order valence-electron chi connectivity index (χ1n) is 5.34. The van der Waals surface area contributed by atoms with Crippen molar-refractivity contribution in [3.05, 3.63) is 59.2 Å². The molecule has 0 aromatic heterocycles. The zero-order valence-electron chi connectivity index (χ0n) is 9.79. The fraction of sp³-hybridized carbons (Fsp3) is 0. The zero-order chi connectivity index (χ0) is 14.7. The van der Waals surface area contributed by atoms with Gasteiger partial charge in [0.1, 0.15) is 17.5 Å². The predicted molar refractivity (Wildman–Crippen MR) is 67.6 cm³/mol. The van der Waals surface area contributed by atoms with Crippen molar-refractivity contribution in [3.63, 3.8) is 0 Å². The van der Waals surface area contributed by atoms with E-state index in [1.165, 1.54) is 0 Å². The summed E-state index contributed by atoms with van der Waals surface area (Å²) < 4.78 is 55.5. The monoisotopic (exact) mass is 301 g/mol. The Hall–Kier alpha value is -2.02. The van der Waals surface area contributed by atoms with Crippen LogP contribution < -0.4 is 4.72 Å². The van der Waals surface area contributed by atoms with E-state index in [9.17, 15) is 22.4 Å². The Kier molecular flexibility index (Phi) is 4.29. The molecule has 0 saturated heterocycles. The van der Waals surface area contributed by atoms with Gasteiger partial charge in [-0.3, -0.25) is 4.79 Å². The summed E-state index contributed by atoms with van der Waals surface area (Å²) in [6.45, 7) is 0. The van der Waals surface area contributed by atoms with Crippen molar-refractivity contribution < 1.29 is 22.4 Å². The minimum absolute atomic E-state index is 0.0449. The van der Waals surface area contributed by atoms with Crippen LogP contribution in [0.25, 0.3) is 0 Å². The highest BCUT2D eigenvalue weighted by molar-refractivity contribution is 8.00. The van der Waals surface area contributed by atoms with Gasteiger partial charge in [0, 0.05) is 0 Å². The number of aldehydes is 1. The van der Waals surface area contributed by atoms with Gasteiger partial charge >= 0.3 is 0 Å². The molecule has 0 aliphatic carbocycles. The topological polar surface area (TPSA) is 29.1 Å². The summed E-state index contributed by atoms with van der Waals surface area (Å²) in [4.78, 5) is 10.5. The normalized spacial score (nSPS) is 10.4. The molecule has 1 N–H and O–H groups in total. The van der Waals surface area contributed by atoms with Crippen LogP contribution in [0.15, 0.2) is 35.2 Å². The molecule has 104 valence electrons. The van der Waals surface area contributed by atoms with Gasteiger partial charge in [0.25, 0.3) is 0 Å². The molecule has 2 nitrogen and oxygen atoms in total. The SMILES string of the molecule is O=Cc1c(F)ccc(NSc2cc(F)ccc2F)c1F. The standard InChI is InChI=1S/C13H7F4NOS/c14-7-1-2-10(16)12(5-7)20-18-11-4-3-9(15)8(6-19)13(11)17/h1-6,18H. The van der Waals surface area contributed by atoms with Crippen LogP contribution in [-0.2, 0) is 0 Å². The van der Waals surface area contributed by atoms with Crippen molar-refractivity contribution in [2.45, 2.75) is 4.90 Å². The van der Waals surface area contributed by atoms with Gasteiger partial charge in [-0.05, 0) is 42.3 Å². The molecule has 2 aromatic rings. The molecule has 0 fully saturated rings. The lowest BCUT2D eigenvalue weighted by Gasteiger charge is -2.09. The molecule has 0 heterocycles. The van der Waals surface area contributed by atoms with Crippen molar-refractivity contribution in [2.75, 3.05) is 4.72 Å². The maximum absolute atomic E-state index is 13.7. The summed E-state index contributed by atoms with van der Waals surface area (Å²) in [6, 6.07) is 4.76. The Bertz CT molecular complexity index is 663. The number of carbonyl (C=O) groups is 1. The largest absolute Gasteiger partial charge is 0.323 e. The van der Waals surface area contributed by atoms with E-state index in [0.717, 1.165) is 30.3 Å². The molecule has 0 bridgehead atoms. The van der Waals surface area contributed by atoms with Crippen molar-refractivity contribution in [1.82, 2.24) is 0 Å². The number of hydrogen-bond donors (Lipinski definition) is 1. The number of benzene rings is 2. The first-order valence-corrected chi connectivity index (χ1v) is 6.15. The Morgan fingerprint density at radius 2 is 1.70 bits per heavy atom. The highest BCUT2D eigenvalue weighted by Gasteiger charge is 2.13. The third kappa shape index (κ3) is 2.93. The maximum atomic E-state index is 13.7. The molecule has 0 aliphatic heterocycles. The summed E-state index contributed by atoms with van der Waals surface area (Å²) in [6.07, 6.45) is 0.0449. The van der Waals surface area contributed by atoms with E-state index in [4.69, 9.17) is 0 Å². The highest BCUT2D eigenvalue weighted by atomic mass is 32.2. The van der Waals surface area contributed by atoms with E-state index < -0.39 is 28.8 Å². The minimum Gasteiger partial charge on any atom is -0.323 e. The molecule has 0 spiro atoms. The summed E-state index contributed by atoms with van der Waals surface area (Å²) in [5.41, 5.74) is -0.933. The Morgan fingerprint density at radius 1 is 1.00 bits per heavy atom. The molecular weight excluding hydrogens is 294 g/mol. The second kappa shape index (κ2) is 5.96. The first-order chi connectivity index (χ1) is 9.52. The van der Waals surface area contributed by atoms with E-state index in [-0.39, 0.29) is 16.9 Å². The van der Waals surface area contributed by atoms with E-state index in [0.29, 0.717) is 11.9 Å². The van der Waals surface area contributed by atoms with Gasteiger partial charge in [-0.15, -0.1) is 0 Å². The molecule has 2 aromatic carbocycles. The lowest BCUT2D eigenvalue weighted by molar-refractivity contribution is 0.111. The Morgan fingerprint density at radius 3 is 2.40 bits per heavy atom. The molecule has 20 heavy (non-hydrogen) atoms. The summed E-state index contributed by atoms with van der Waals surface area (Å²) in [5.74, 6) is -3.43. The lowest BCUT2D eigenvalue weighted by Crippen LogP contribution is -1.99. The molecule has 2 rings (SSSR count). The summed E-state index contributed by atoms with van der Waals surface area (Å²) >= 11 is 0.610. The van der Waals surface area contributed by atoms with Crippen LogP contribution in [0, 0.1) is 23.3 Å². The van der Waals surface area contributed by atoms with Gasteiger partial charge in [0.2, 0.25) is 0 Å². The molecule has 0 aliphatic rings. The molecule has 0 amide bonds.